The number of amides is 1. The molecule has 4 fully saturated rings. The van der Waals surface area contributed by atoms with Gasteiger partial charge in [0.15, 0.2) is 0 Å². The van der Waals surface area contributed by atoms with Crippen LogP contribution in [-0.4, -0.2) is 18.4 Å². The smallest absolute Gasteiger partial charge is 0.325 e. The van der Waals surface area contributed by atoms with Crippen LogP contribution < -0.4 is 5.32 Å². The zero-order valence-electron chi connectivity index (χ0n) is 15.0. The predicted octanol–water partition coefficient (Wildman–Crippen LogP) is 3.59. The first-order valence-corrected chi connectivity index (χ1v) is 9.66. The number of hydrogen-bond acceptors (Lipinski definition) is 3. The van der Waals surface area contributed by atoms with Crippen molar-refractivity contribution in [1.82, 2.24) is 5.32 Å². The molecule has 5 rings (SSSR count). The Morgan fingerprint density at radius 2 is 1.77 bits per heavy atom. The third kappa shape index (κ3) is 3.92. The number of benzene rings is 1. The summed E-state index contributed by atoms with van der Waals surface area (Å²) < 4.78 is 18.2. The van der Waals surface area contributed by atoms with Crippen molar-refractivity contribution in [3.05, 3.63) is 35.6 Å². The molecule has 0 radical (unpaired) electrons. The first-order valence-electron chi connectivity index (χ1n) is 9.66. The second-order valence-electron chi connectivity index (χ2n) is 8.66. The van der Waals surface area contributed by atoms with E-state index in [0.29, 0.717) is 12.0 Å². The van der Waals surface area contributed by atoms with Crippen LogP contribution in [-0.2, 0) is 20.9 Å². The van der Waals surface area contributed by atoms with E-state index in [4.69, 9.17) is 4.74 Å². The van der Waals surface area contributed by atoms with E-state index in [1.165, 1.54) is 50.7 Å². The number of carbonyl (C=O) groups excluding carboxylic acids is 2. The number of ether oxygens (including phenoxy) is 1. The van der Waals surface area contributed by atoms with Crippen LogP contribution in [0.4, 0.5) is 4.39 Å². The molecule has 1 N–H and O–H groups in total. The van der Waals surface area contributed by atoms with Crippen LogP contribution >= 0.6 is 0 Å². The van der Waals surface area contributed by atoms with E-state index in [0.717, 1.165) is 17.8 Å². The number of halogens is 1. The maximum atomic E-state index is 13.1. The molecule has 1 aromatic rings. The molecule has 0 atom stereocenters. The second-order valence-corrected chi connectivity index (χ2v) is 8.66. The van der Waals surface area contributed by atoms with Crippen molar-refractivity contribution < 1.29 is 18.7 Å². The zero-order chi connectivity index (χ0) is 18.1. The average molecular weight is 359 g/mol. The summed E-state index contributed by atoms with van der Waals surface area (Å²) in [7, 11) is 0. The van der Waals surface area contributed by atoms with Gasteiger partial charge >= 0.3 is 5.97 Å². The van der Waals surface area contributed by atoms with Crippen molar-refractivity contribution in [2.24, 2.45) is 23.2 Å². The van der Waals surface area contributed by atoms with Crippen LogP contribution in [0.15, 0.2) is 24.3 Å². The molecule has 1 amide bonds. The number of rotatable bonds is 6. The molecule has 140 valence electrons. The molecule has 4 aliphatic rings. The van der Waals surface area contributed by atoms with Crippen LogP contribution in [0.25, 0.3) is 0 Å². The van der Waals surface area contributed by atoms with Crippen molar-refractivity contribution in [2.45, 2.75) is 51.6 Å². The third-order valence-electron chi connectivity index (χ3n) is 6.42. The van der Waals surface area contributed by atoms with Gasteiger partial charge in [0.05, 0.1) is 0 Å². The number of carbonyl (C=O) groups is 2. The van der Waals surface area contributed by atoms with Crippen molar-refractivity contribution in [2.75, 3.05) is 6.54 Å². The van der Waals surface area contributed by atoms with E-state index in [2.05, 4.69) is 5.32 Å². The minimum atomic E-state index is -0.492. The highest BCUT2D eigenvalue weighted by molar-refractivity contribution is 5.82. The largest absolute Gasteiger partial charge is 0.460 e. The van der Waals surface area contributed by atoms with E-state index >= 15 is 0 Å². The van der Waals surface area contributed by atoms with Crippen molar-refractivity contribution in [3.8, 4) is 0 Å². The predicted molar refractivity (Wildman–Crippen MR) is 94.4 cm³/mol. The van der Waals surface area contributed by atoms with E-state index in [1.54, 1.807) is 12.1 Å². The molecule has 1 aromatic carbocycles. The minimum Gasteiger partial charge on any atom is -0.460 e. The molecule has 0 unspecified atom stereocenters. The van der Waals surface area contributed by atoms with Gasteiger partial charge in [0, 0.05) is 6.42 Å². The van der Waals surface area contributed by atoms with Gasteiger partial charge in [-0.15, -0.1) is 0 Å². The molecule has 0 heterocycles. The Balaban J connectivity index is 1.22. The lowest BCUT2D eigenvalue weighted by atomic mass is 9.49. The highest BCUT2D eigenvalue weighted by atomic mass is 19.1. The molecule has 0 spiro atoms. The molecule has 4 nitrogen and oxygen atoms in total. The summed E-state index contributed by atoms with van der Waals surface area (Å²) in [6.07, 6.45) is 8.13. The number of nitrogens with one attached hydrogen (secondary N) is 1. The fraction of sp³-hybridized carbons (Fsp3) is 0.619. The molecule has 4 saturated carbocycles. The van der Waals surface area contributed by atoms with Gasteiger partial charge in [-0.1, -0.05) is 12.1 Å². The molecule has 26 heavy (non-hydrogen) atoms. The van der Waals surface area contributed by atoms with Crippen molar-refractivity contribution >= 4 is 11.9 Å². The lowest BCUT2D eigenvalue weighted by Gasteiger charge is -2.56. The summed E-state index contributed by atoms with van der Waals surface area (Å²) in [6, 6.07) is 5.95. The Hall–Kier alpha value is -1.91. The SMILES string of the molecule is O=C(CC12CC3CC(CC(C3)C1)C2)NCC(=O)OCc1cccc(F)c1. The van der Waals surface area contributed by atoms with Crippen LogP contribution in [0, 0.1) is 29.0 Å². The van der Waals surface area contributed by atoms with Crippen LogP contribution in [0.1, 0.15) is 50.5 Å². The topological polar surface area (TPSA) is 55.4 Å². The molecular weight excluding hydrogens is 333 g/mol. The molecular formula is C21H26FNO3. The quantitative estimate of drug-likeness (QED) is 0.790. The van der Waals surface area contributed by atoms with E-state index in [9.17, 15) is 14.0 Å². The third-order valence-corrected chi connectivity index (χ3v) is 6.42. The molecule has 0 saturated heterocycles. The second kappa shape index (κ2) is 7.01. The van der Waals surface area contributed by atoms with Gasteiger partial charge in [-0.05, 0) is 79.4 Å². The monoisotopic (exact) mass is 359 g/mol. The Bertz CT molecular complexity index is 667. The van der Waals surface area contributed by atoms with Crippen molar-refractivity contribution in [3.63, 3.8) is 0 Å². The van der Waals surface area contributed by atoms with Gasteiger partial charge in [0.1, 0.15) is 19.0 Å². The summed E-state index contributed by atoms with van der Waals surface area (Å²) in [5.74, 6) is 1.53. The molecule has 4 bridgehead atoms. The lowest BCUT2D eigenvalue weighted by molar-refractivity contribution is -0.146. The summed E-state index contributed by atoms with van der Waals surface area (Å²) in [5.41, 5.74) is 0.767. The summed E-state index contributed by atoms with van der Waals surface area (Å²) >= 11 is 0. The fourth-order valence-corrected chi connectivity index (χ4v) is 5.92. The molecule has 0 aliphatic heterocycles. The normalized spacial score (nSPS) is 31.7. The first-order chi connectivity index (χ1) is 12.5. The Morgan fingerprint density at radius 1 is 1.12 bits per heavy atom. The molecule has 4 aliphatic carbocycles. The van der Waals surface area contributed by atoms with Crippen molar-refractivity contribution in [1.29, 1.82) is 0 Å². The van der Waals surface area contributed by atoms with Crippen LogP contribution in [0.5, 0.6) is 0 Å². The highest BCUT2D eigenvalue weighted by Gasteiger charge is 2.51. The zero-order valence-corrected chi connectivity index (χ0v) is 15.0. The van der Waals surface area contributed by atoms with Gasteiger partial charge in [-0.25, -0.2) is 4.39 Å². The fourth-order valence-electron chi connectivity index (χ4n) is 5.92. The minimum absolute atomic E-state index is 0.0153. The highest BCUT2D eigenvalue weighted by Crippen LogP contribution is 2.61. The standard InChI is InChI=1S/C21H26FNO3/c22-18-3-1-2-14(7-18)13-26-20(25)12-23-19(24)11-21-8-15-4-16(9-21)6-17(5-15)10-21/h1-3,7,15-17H,4-6,8-13H2,(H,23,24). The van der Waals surface area contributed by atoms with Gasteiger partial charge < -0.3 is 10.1 Å². The first kappa shape index (κ1) is 17.5. The van der Waals surface area contributed by atoms with E-state index in [-0.39, 0.29) is 30.3 Å². The summed E-state index contributed by atoms with van der Waals surface area (Å²) in [4.78, 5) is 24.2. The Labute approximate surface area is 153 Å². The lowest BCUT2D eigenvalue weighted by Crippen LogP contribution is -2.48. The van der Waals surface area contributed by atoms with Gasteiger partial charge in [0.2, 0.25) is 5.91 Å². The van der Waals surface area contributed by atoms with Crippen LogP contribution in [0.3, 0.4) is 0 Å². The summed E-state index contributed by atoms with van der Waals surface area (Å²) in [5, 5.41) is 2.72. The van der Waals surface area contributed by atoms with E-state index in [1.807, 2.05) is 0 Å². The van der Waals surface area contributed by atoms with Crippen LogP contribution in [0.2, 0.25) is 0 Å². The summed E-state index contributed by atoms with van der Waals surface area (Å²) in [6.45, 7) is -0.109. The Kier molecular flexibility index (Phi) is 4.72. The average Bonchev–Trinajstić information content (AvgIpc) is 2.56. The van der Waals surface area contributed by atoms with E-state index < -0.39 is 5.97 Å². The number of hydrogen-bond donors (Lipinski definition) is 1. The molecule has 0 aromatic heterocycles. The number of esters is 1. The Morgan fingerprint density at radius 3 is 2.38 bits per heavy atom. The van der Waals surface area contributed by atoms with Gasteiger partial charge in [-0.2, -0.15) is 0 Å². The maximum absolute atomic E-state index is 13.1. The molecule has 5 heteroatoms. The van der Waals surface area contributed by atoms with Gasteiger partial charge in [-0.3, -0.25) is 9.59 Å². The maximum Gasteiger partial charge on any atom is 0.325 e. The van der Waals surface area contributed by atoms with Gasteiger partial charge in [0.25, 0.3) is 0 Å².